The monoisotopic (exact) mass is 483 g/mol. The van der Waals surface area contributed by atoms with E-state index < -0.39 is 24.1 Å². The maximum atomic E-state index is 13.5. The van der Waals surface area contributed by atoms with Crippen LogP contribution >= 0.6 is 11.6 Å². The predicted molar refractivity (Wildman–Crippen MR) is 123 cm³/mol. The van der Waals surface area contributed by atoms with Crippen LogP contribution in [0.5, 0.6) is 5.75 Å². The van der Waals surface area contributed by atoms with Crippen molar-refractivity contribution in [2.24, 2.45) is 0 Å². The van der Waals surface area contributed by atoms with Gasteiger partial charge >= 0.3 is 5.97 Å². The SMILES string of the molecule is COc1ccc(Cl)cc1NC(=O)COC(=O)C12CCC(=O)N1c1ccccc1C(=O)N2C1CC1. The second-order valence-electron chi connectivity index (χ2n) is 8.44. The van der Waals surface area contributed by atoms with Gasteiger partial charge in [0, 0.05) is 23.9 Å². The first kappa shape index (κ1) is 22.2. The third-order valence-electron chi connectivity index (χ3n) is 6.31. The number of carbonyl (C=O) groups excluding carboxylic acids is 4. The first-order chi connectivity index (χ1) is 16.4. The summed E-state index contributed by atoms with van der Waals surface area (Å²) in [6.07, 6.45) is 1.66. The zero-order valence-corrected chi connectivity index (χ0v) is 19.1. The molecule has 2 fully saturated rings. The van der Waals surface area contributed by atoms with Gasteiger partial charge in [-0.2, -0.15) is 0 Å². The first-order valence-electron chi connectivity index (χ1n) is 10.9. The van der Waals surface area contributed by atoms with Crippen LogP contribution in [0.15, 0.2) is 42.5 Å². The van der Waals surface area contributed by atoms with Gasteiger partial charge < -0.3 is 19.7 Å². The Balaban J connectivity index is 1.41. The molecule has 1 atom stereocenters. The number of halogens is 1. The number of amides is 3. The fourth-order valence-corrected chi connectivity index (χ4v) is 4.90. The maximum Gasteiger partial charge on any atom is 0.354 e. The van der Waals surface area contributed by atoms with Gasteiger partial charge in [0.1, 0.15) is 5.75 Å². The predicted octanol–water partition coefficient (Wildman–Crippen LogP) is 2.97. The second-order valence-corrected chi connectivity index (χ2v) is 8.87. The number of benzene rings is 2. The van der Waals surface area contributed by atoms with Crippen molar-refractivity contribution in [1.82, 2.24) is 4.90 Å². The van der Waals surface area contributed by atoms with E-state index >= 15 is 0 Å². The summed E-state index contributed by atoms with van der Waals surface area (Å²) in [6.45, 7) is -0.605. The molecule has 176 valence electrons. The summed E-state index contributed by atoms with van der Waals surface area (Å²) in [5.74, 6) is -1.60. The molecule has 2 aromatic carbocycles. The summed E-state index contributed by atoms with van der Waals surface area (Å²) >= 11 is 6.00. The molecule has 3 amide bonds. The van der Waals surface area contributed by atoms with E-state index in [4.69, 9.17) is 21.1 Å². The quantitative estimate of drug-likeness (QED) is 0.633. The number of para-hydroxylation sites is 1. The highest BCUT2D eigenvalue weighted by Gasteiger charge is 2.64. The van der Waals surface area contributed by atoms with E-state index in [2.05, 4.69) is 5.32 Å². The highest BCUT2D eigenvalue weighted by molar-refractivity contribution is 6.31. The van der Waals surface area contributed by atoms with Gasteiger partial charge in [-0.1, -0.05) is 23.7 Å². The summed E-state index contributed by atoms with van der Waals surface area (Å²) in [6, 6.07) is 11.3. The normalized spacial score (nSPS) is 21.1. The minimum absolute atomic E-state index is 0.0891. The molecule has 1 saturated heterocycles. The number of nitrogens with one attached hydrogen (secondary N) is 1. The van der Waals surface area contributed by atoms with Crippen LogP contribution in [0.2, 0.25) is 5.02 Å². The van der Waals surface area contributed by atoms with Gasteiger partial charge in [-0.25, -0.2) is 4.79 Å². The molecule has 0 spiro atoms. The van der Waals surface area contributed by atoms with Gasteiger partial charge in [-0.05, 0) is 43.2 Å². The van der Waals surface area contributed by atoms with Gasteiger partial charge in [0.05, 0.1) is 24.0 Å². The topological polar surface area (TPSA) is 105 Å². The van der Waals surface area contributed by atoms with Crippen molar-refractivity contribution in [2.75, 3.05) is 23.9 Å². The molecule has 1 N–H and O–H groups in total. The van der Waals surface area contributed by atoms with E-state index in [1.807, 2.05) is 0 Å². The Labute approximate surface area is 200 Å². The van der Waals surface area contributed by atoms with Crippen LogP contribution in [-0.2, 0) is 19.1 Å². The van der Waals surface area contributed by atoms with Gasteiger partial charge in [0.15, 0.2) is 6.61 Å². The highest BCUT2D eigenvalue weighted by Crippen LogP contribution is 2.49. The molecule has 0 aromatic heterocycles. The average molecular weight is 484 g/mol. The summed E-state index contributed by atoms with van der Waals surface area (Å²) < 4.78 is 10.6. The van der Waals surface area contributed by atoms with Crippen molar-refractivity contribution < 1.29 is 28.7 Å². The number of methoxy groups -OCH3 is 1. The number of hydrogen-bond donors (Lipinski definition) is 1. The van der Waals surface area contributed by atoms with Crippen LogP contribution in [0.25, 0.3) is 0 Å². The Hall–Kier alpha value is -3.59. The number of ether oxygens (including phenoxy) is 2. The highest BCUT2D eigenvalue weighted by atomic mass is 35.5. The number of hydrogen-bond acceptors (Lipinski definition) is 6. The molecule has 3 aliphatic rings. The second kappa shape index (κ2) is 8.32. The van der Waals surface area contributed by atoms with Crippen LogP contribution < -0.4 is 15.0 Å². The van der Waals surface area contributed by atoms with Crippen LogP contribution in [0.4, 0.5) is 11.4 Å². The number of fused-ring (bicyclic) bond motifs is 3. The fourth-order valence-electron chi connectivity index (χ4n) is 4.72. The smallest absolute Gasteiger partial charge is 0.354 e. The standard InChI is InChI=1S/C24H22ClN3O6/c1-33-19-9-6-14(25)12-17(19)26-20(29)13-34-23(32)24-11-10-21(30)28(24)18-5-3-2-4-16(18)22(31)27(24)15-7-8-15/h2-6,9,12,15H,7-8,10-11,13H2,1H3,(H,26,29). The van der Waals surface area contributed by atoms with Gasteiger partial charge in [0.2, 0.25) is 11.6 Å². The molecule has 2 aliphatic heterocycles. The lowest BCUT2D eigenvalue weighted by Crippen LogP contribution is -2.69. The number of carbonyl (C=O) groups is 4. The van der Waals surface area contributed by atoms with Crippen LogP contribution in [0.1, 0.15) is 36.0 Å². The third kappa shape index (κ3) is 3.47. The van der Waals surface area contributed by atoms with E-state index in [1.165, 1.54) is 23.0 Å². The molecule has 1 aliphatic carbocycles. The van der Waals surface area contributed by atoms with Gasteiger partial charge in [-0.15, -0.1) is 0 Å². The minimum Gasteiger partial charge on any atom is -0.495 e. The Bertz CT molecular complexity index is 1210. The zero-order valence-electron chi connectivity index (χ0n) is 18.4. The van der Waals surface area contributed by atoms with E-state index in [0.29, 0.717) is 27.7 Å². The molecule has 9 nitrogen and oxygen atoms in total. The molecule has 0 radical (unpaired) electrons. The lowest BCUT2D eigenvalue weighted by molar-refractivity contribution is -0.159. The Kier molecular flexibility index (Phi) is 5.44. The zero-order chi connectivity index (χ0) is 24.0. The molecule has 0 bridgehead atoms. The first-order valence-corrected chi connectivity index (χ1v) is 11.3. The van der Waals surface area contributed by atoms with E-state index in [0.717, 1.165) is 12.8 Å². The summed E-state index contributed by atoms with van der Waals surface area (Å²) in [7, 11) is 1.45. The Morgan fingerprint density at radius 2 is 1.94 bits per heavy atom. The summed E-state index contributed by atoms with van der Waals surface area (Å²) in [5.41, 5.74) is -0.512. The molecule has 5 rings (SSSR count). The van der Waals surface area contributed by atoms with Crippen molar-refractivity contribution in [2.45, 2.75) is 37.4 Å². The molecular weight excluding hydrogens is 462 g/mol. The van der Waals surface area contributed by atoms with Crippen LogP contribution in [0, 0.1) is 0 Å². The average Bonchev–Trinajstić information content (AvgIpc) is 3.60. The van der Waals surface area contributed by atoms with Crippen LogP contribution in [-0.4, -0.2) is 54.0 Å². The van der Waals surface area contributed by atoms with Gasteiger partial charge in [-0.3, -0.25) is 19.3 Å². The summed E-state index contributed by atoms with van der Waals surface area (Å²) in [4.78, 5) is 55.3. The Morgan fingerprint density at radius 1 is 1.18 bits per heavy atom. The molecule has 1 unspecified atom stereocenters. The van der Waals surface area contributed by atoms with Crippen molar-refractivity contribution in [3.05, 3.63) is 53.1 Å². The molecule has 10 heteroatoms. The van der Waals surface area contributed by atoms with Crippen molar-refractivity contribution in [1.29, 1.82) is 0 Å². The van der Waals surface area contributed by atoms with E-state index in [1.54, 1.807) is 36.4 Å². The molecular formula is C24H22ClN3O6. The summed E-state index contributed by atoms with van der Waals surface area (Å²) in [5, 5.41) is 3.01. The van der Waals surface area contributed by atoms with Crippen molar-refractivity contribution in [3.63, 3.8) is 0 Å². The van der Waals surface area contributed by atoms with Gasteiger partial charge in [0.25, 0.3) is 11.8 Å². The molecule has 2 heterocycles. The third-order valence-corrected chi connectivity index (χ3v) is 6.54. The lowest BCUT2D eigenvalue weighted by Gasteiger charge is -2.48. The largest absolute Gasteiger partial charge is 0.495 e. The molecule has 1 saturated carbocycles. The molecule has 34 heavy (non-hydrogen) atoms. The lowest BCUT2D eigenvalue weighted by atomic mass is 9.96. The van der Waals surface area contributed by atoms with Crippen molar-refractivity contribution in [3.8, 4) is 5.75 Å². The number of esters is 1. The number of rotatable bonds is 6. The van der Waals surface area contributed by atoms with E-state index in [9.17, 15) is 19.2 Å². The van der Waals surface area contributed by atoms with Crippen molar-refractivity contribution >= 4 is 46.7 Å². The fraction of sp³-hybridized carbons (Fsp3) is 0.333. The minimum atomic E-state index is -1.60. The Morgan fingerprint density at radius 3 is 2.68 bits per heavy atom. The number of anilines is 2. The molecule has 2 aromatic rings. The maximum absolute atomic E-state index is 13.5. The van der Waals surface area contributed by atoms with Crippen LogP contribution in [0.3, 0.4) is 0 Å². The number of nitrogens with zero attached hydrogens (tertiary/aromatic N) is 2. The van der Waals surface area contributed by atoms with E-state index in [-0.39, 0.29) is 30.7 Å².